The summed E-state index contributed by atoms with van der Waals surface area (Å²) in [5.74, 6) is 0. The molecule has 0 aromatic rings. The van der Waals surface area contributed by atoms with Gasteiger partial charge in [0.25, 0.3) is 0 Å². The van der Waals surface area contributed by atoms with Gasteiger partial charge < -0.3 is 15.4 Å². The van der Waals surface area contributed by atoms with Crippen molar-refractivity contribution < 1.29 is 4.74 Å². The molecule has 2 atom stereocenters. The maximum absolute atomic E-state index is 5.83. The van der Waals surface area contributed by atoms with Crippen molar-refractivity contribution in [3.8, 4) is 0 Å². The van der Waals surface area contributed by atoms with E-state index in [0.29, 0.717) is 17.6 Å². The molecule has 0 aromatic heterocycles. The monoisotopic (exact) mass is 269 g/mol. The molecular formula is C15H31N3O. The van der Waals surface area contributed by atoms with Gasteiger partial charge in [-0.15, -0.1) is 0 Å². The molecule has 0 saturated carbocycles. The third-order valence-electron chi connectivity index (χ3n) is 4.33. The van der Waals surface area contributed by atoms with Crippen molar-refractivity contribution >= 4 is 0 Å². The summed E-state index contributed by atoms with van der Waals surface area (Å²) < 4.78 is 5.83. The van der Waals surface area contributed by atoms with E-state index in [4.69, 9.17) is 10.5 Å². The highest BCUT2D eigenvalue weighted by molar-refractivity contribution is 4.88. The van der Waals surface area contributed by atoms with E-state index in [1.807, 2.05) is 0 Å². The molecule has 0 radical (unpaired) electrons. The predicted molar refractivity (Wildman–Crippen MR) is 79.3 cm³/mol. The minimum Gasteiger partial charge on any atom is -0.377 e. The first-order valence-corrected chi connectivity index (χ1v) is 7.74. The molecule has 4 nitrogen and oxygen atoms in total. The van der Waals surface area contributed by atoms with Crippen LogP contribution in [0.2, 0.25) is 0 Å². The van der Waals surface area contributed by atoms with Crippen LogP contribution in [-0.4, -0.2) is 68.3 Å². The SMILES string of the molecule is CN1CC(CCN)N(CC2CCCO2)CC(C)(C)C1. The van der Waals surface area contributed by atoms with Gasteiger partial charge in [-0.05, 0) is 38.3 Å². The van der Waals surface area contributed by atoms with E-state index in [1.54, 1.807) is 0 Å². The zero-order chi connectivity index (χ0) is 13.9. The fourth-order valence-corrected chi connectivity index (χ4v) is 3.73. The van der Waals surface area contributed by atoms with E-state index in [9.17, 15) is 0 Å². The average molecular weight is 269 g/mol. The molecule has 0 aliphatic carbocycles. The summed E-state index contributed by atoms with van der Waals surface area (Å²) in [5, 5.41) is 0. The first-order valence-electron chi connectivity index (χ1n) is 7.74. The third kappa shape index (κ3) is 4.42. The van der Waals surface area contributed by atoms with Gasteiger partial charge >= 0.3 is 0 Å². The van der Waals surface area contributed by atoms with Gasteiger partial charge in [0, 0.05) is 38.8 Å². The van der Waals surface area contributed by atoms with Gasteiger partial charge in [-0.1, -0.05) is 13.8 Å². The Hall–Kier alpha value is -0.160. The van der Waals surface area contributed by atoms with E-state index >= 15 is 0 Å². The minimum atomic E-state index is 0.344. The molecule has 2 aliphatic rings. The number of hydrogen-bond donors (Lipinski definition) is 1. The lowest BCUT2D eigenvalue weighted by atomic mass is 9.92. The summed E-state index contributed by atoms with van der Waals surface area (Å²) >= 11 is 0. The predicted octanol–water partition coefficient (Wildman–Crippen LogP) is 1.16. The van der Waals surface area contributed by atoms with E-state index in [1.165, 1.54) is 12.8 Å². The normalized spacial score (nSPS) is 33.5. The Morgan fingerprint density at radius 3 is 2.74 bits per heavy atom. The van der Waals surface area contributed by atoms with E-state index in [-0.39, 0.29) is 0 Å². The first-order chi connectivity index (χ1) is 9.00. The summed E-state index contributed by atoms with van der Waals surface area (Å²) in [4.78, 5) is 5.11. The number of likely N-dealkylation sites (N-methyl/N-ethyl adjacent to an activating group) is 1. The lowest BCUT2D eigenvalue weighted by molar-refractivity contribution is 0.0465. The number of rotatable bonds is 4. The van der Waals surface area contributed by atoms with Crippen molar-refractivity contribution in [3.63, 3.8) is 0 Å². The summed E-state index contributed by atoms with van der Waals surface area (Å²) in [7, 11) is 2.24. The van der Waals surface area contributed by atoms with E-state index in [0.717, 1.165) is 45.8 Å². The van der Waals surface area contributed by atoms with Crippen molar-refractivity contribution in [3.05, 3.63) is 0 Å². The quantitative estimate of drug-likeness (QED) is 0.831. The summed E-state index contributed by atoms with van der Waals surface area (Å²) in [6.07, 6.45) is 3.98. The van der Waals surface area contributed by atoms with Gasteiger partial charge in [0.05, 0.1) is 6.10 Å². The Morgan fingerprint density at radius 2 is 2.11 bits per heavy atom. The van der Waals surface area contributed by atoms with Crippen molar-refractivity contribution in [2.45, 2.75) is 45.3 Å². The van der Waals surface area contributed by atoms with Crippen molar-refractivity contribution in [1.29, 1.82) is 0 Å². The van der Waals surface area contributed by atoms with Crippen molar-refractivity contribution in [1.82, 2.24) is 9.80 Å². The standard InChI is InChI=1S/C15H31N3O/c1-15(2)11-17(3)9-13(6-7-16)18(12-15)10-14-5-4-8-19-14/h13-14H,4-12,16H2,1-3H3. The number of nitrogens with zero attached hydrogens (tertiary/aromatic N) is 2. The van der Waals surface area contributed by atoms with Crippen LogP contribution in [-0.2, 0) is 4.74 Å². The Bertz CT molecular complexity index is 277. The van der Waals surface area contributed by atoms with Crippen molar-refractivity contribution in [2.24, 2.45) is 11.1 Å². The van der Waals surface area contributed by atoms with Gasteiger partial charge in [-0.25, -0.2) is 0 Å². The van der Waals surface area contributed by atoms with Gasteiger partial charge in [0.15, 0.2) is 0 Å². The molecule has 2 fully saturated rings. The molecule has 4 heteroatoms. The number of ether oxygens (including phenoxy) is 1. The molecule has 2 saturated heterocycles. The molecule has 2 rings (SSSR count). The number of nitrogens with two attached hydrogens (primary N) is 1. The zero-order valence-corrected chi connectivity index (χ0v) is 12.9. The molecule has 0 amide bonds. The molecule has 112 valence electrons. The number of hydrogen-bond acceptors (Lipinski definition) is 4. The zero-order valence-electron chi connectivity index (χ0n) is 12.9. The smallest absolute Gasteiger partial charge is 0.0702 e. The first kappa shape index (κ1) is 15.2. The van der Waals surface area contributed by atoms with Crippen LogP contribution in [0.3, 0.4) is 0 Å². The van der Waals surface area contributed by atoms with Crippen LogP contribution in [0.5, 0.6) is 0 Å². The van der Waals surface area contributed by atoms with Crippen LogP contribution in [0.15, 0.2) is 0 Å². The average Bonchev–Trinajstić information content (AvgIpc) is 2.75. The van der Waals surface area contributed by atoms with Gasteiger partial charge in [-0.2, -0.15) is 0 Å². The summed E-state index contributed by atoms with van der Waals surface area (Å²) in [6.45, 7) is 11.0. The van der Waals surface area contributed by atoms with Crippen LogP contribution < -0.4 is 5.73 Å². The second-order valence-corrected chi connectivity index (χ2v) is 7.16. The van der Waals surface area contributed by atoms with Crippen LogP contribution in [0, 0.1) is 5.41 Å². The molecule has 2 heterocycles. The van der Waals surface area contributed by atoms with Crippen molar-refractivity contribution in [2.75, 3.05) is 46.4 Å². The maximum atomic E-state index is 5.83. The third-order valence-corrected chi connectivity index (χ3v) is 4.33. The fraction of sp³-hybridized carbons (Fsp3) is 1.00. The fourth-order valence-electron chi connectivity index (χ4n) is 3.73. The lowest BCUT2D eigenvalue weighted by Crippen LogP contribution is -2.46. The molecule has 2 N–H and O–H groups in total. The lowest BCUT2D eigenvalue weighted by Gasteiger charge is -2.35. The second kappa shape index (κ2) is 6.53. The summed E-state index contributed by atoms with van der Waals surface area (Å²) in [6, 6.07) is 0.584. The molecule has 0 bridgehead atoms. The van der Waals surface area contributed by atoms with Crippen LogP contribution in [0.1, 0.15) is 33.1 Å². The molecule has 0 spiro atoms. The van der Waals surface area contributed by atoms with E-state index < -0.39 is 0 Å². The molecule has 0 aromatic carbocycles. The van der Waals surface area contributed by atoms with E-state index in [2.05, 4.69) is 30.7 Å². The molecule has 2 aliphatic heterocycles. The maximum Gasteiger partial charge on any atom is 0.0702 e. The largest absolute Gasteiger partial charge is 0.377 e. The highest BCUT2D eigenvalue weighted by atomic mass is 16.5. The second-order valence-electron chi connectivity index (χ2n) is 7.16. The van der Waals surface area contributed by atoms with Gasteiger partial charge in [-0.3, -0.25) is 4.90 Å². The van der Waals surface area contributed by atoms with Crippen LogP contribution in [0.25, 0.3) is 0 Å². The minimum absolute atomic E-state index is 0.344. The highest BCUT2D eigenvalue weighted by Gasteiger charge is 2.34. The molecular weight excluding hydrogens is 238 g/mol. The Morgan fingerprint density at radius 1 is 1.32 bits per heavy atom. The Kier molecular flexibility index (Phi) is 5.23. The Balaban J connectivity index is 2.03. The van der Waals surface area contributed by atoms with Gasteiger partial charge in [0.1, 0.15) is 0 Å². The molecule has 2 unspecified atom stereocenters. The topological polar surface area (TPSA) is 41.7 Å². The molecule has 19 heavy (non-hydrogen) atoms. The van der Waals surface area contributed by atoms with Gasteiger partial charge in [0.2, 0.25) is 0 Å². The highest BCUT2D eigenvalue weighted by Crippen LogP contribution is 2.26. The summed E-state index contributed by atoms with van der Waals surface area (Å²) in [5.41, 5.74) is 6.16. The Labute approximate surface area is 118 Å². The van der Waals surface area contributed by atoms with Crippen LogP contribution in [0.4, 0.5) is 0 Å². The van der Waals surface area contributed by atoms with Crippen LogP contribution >= 0.6 is 0 Å².